The molecule has 0 spiro atoms. The van der Waals surface area contributed by atoms with Gasteiger partial charge in [-0.3, -0.25) is 14.2 Å². The Hall–Kier alpha value is -2.74. The first-order chi connectivity index (χ1) is 13.4. The molecule has 8 heteroatoms. The van der Waals surface area contributed by atoms with Crippen LogP contribution in [0.4, 0.5) is 5.69 Å². The van der Waals surface area contributed by atoms with Gasteiger partial charge in [0.25, 0.3) is 5.56 Å². The molecule has 0 aliphatic rings. The second-order valence-electron chi connectivity index (χ2n) is 6.61. The fourth-order valence-electron chi connectivity index (χ4n) is 2.89. The number of carbonyl (C=O) groups excluding carboxylic acids is 1. The molecule has 0 aliphatic carbocycles. The summed E-state index contributed by atoms with van der Waals surface area (Å²) in [6.07, 6.45) is 0.788. The van der Waals surface area contributed by atoms with E-state index in [1.165, 1.54) is 11.8 Å². The highest BCUT2D eigenvalue weighted by Gasteiger charge is 2.18. The Balaban J connectivity index is 1.82. The van der Waals surface area contributed by atoms with Gasteiger partial charge in [-0.05, 0) is 38.5 Å². The number of fused-ring (bicyclic) bond motifs is 1. The van der Waals surface area contributed by atoms with Gasteiger partial charge in [0.1, 0.15) is 11.3 Å². The maximum atomic E-state index is 12.9. The summed E-state index contributed by atoms with van der Waals surface area (Å²) in [5.41, 5.74) is 2.56. The fraction of sp³-hybridized carbons (Fsp3) is 0.350. The number of nitrogens with zero attached hydrogens (tertiary/aromatic N) is 2. The second-order valence-corrected chi connectivity index (χ2v) is 7.55. The molecule has 1 aromatic carbocycles. The lowest BCUT2D eigenvalue weighted by atomic mass is 10.2. The van der Waals surface area contributed by atoms with Gasteiger partial charge in [-0.1, -0.05) is 24.8 Å². The fourth-order valence-corrected chi connectivity index (χ4v) is 3.79. The minimum atomic E-state index is -0.173. The van der Waals surface area contributed by atoms with E-state index in [-0.39, 0.29) is 23.3 Å². The van der Waals surface area contributed by atoms with Crippen molar-refractivity contribution < 1.29 is 9.53 Å². The van der Waals surface area contributed by atoms with Crippen LogP contribution in [-0.4, -0.2) is 33.3 Å². The van der Waals surface area contributed by atoms with Crippen molar-refractivity contribution >= 4 is 34.4 Å². The Labute approximate surface area is 167 Å². The van der Waals surface area contributed by atoms with Crippen LogP contribution >= 0.6 is 11.8 Å². The summed E-state index contributed by atoms with van der Waals surface area (Å²) in [6.45, 7) is 5.89. The van der Waals surface area contributed by atoms with Crippen molar-refractivity contribution in [2.75, 3.05) is 18.2 Å². The quantitative estimate of drug-likeness (QED) is 0.466. The number of aromatic amines is 1. The molecule has 0 radical (unpaired) electrons. The zero-order valence-corrected chi connectivity index (χ0v) is 17.2. The molecule has 148 valence electrons. The van der Waals surface area contributed by atoms with Crippen LogP contribution < -0.4 is 15.6 Å². The zero-order chi connectivity index (χ0) is 20.3. The van der Waals surface area contributed by atoms with Crippen molar-refractivity contribution in [3.8, 4) is 5.75 Å². The number of methoxy groups -OCH3 is 1. The van der Waals surface area contributed by atoms with Crippen LogP contribution in [-0.2, 0) is 4.79 Å². The number of carbonyl (C=O) groups is 1. The third kappa shape index (κ3) is 4.22. The largest absolute Gasteiger partial charge is 0.497 e. The van der Waals surface area contributed by atoms with Gasteiger partial charge in [0, 0.05) is 23.5 Å². The van der Waals surface area contributed by atoms with Gasteiger partial charge in [0.15, 0.2) is 5.16 Å². The van der Waals surface area contributed by atoms with Crippen molar-refractivity contribution in [1.82, 2.24) is 14.5 Å². The molecule has 3 aromatic rings. The summed E-state index contributed by atoms with van der Waals surface area (Å²) in [5, 5.41) is 3.39. The monoisotopic (exact) mass is 400 g/mol. The number of aryl methyl sites for hydroxylation is 1. The molecular weight excluding hydrogens is 376 g/mol. The molecule has 2 aromatic heterocycles. The van der Waals surface area contributed by atoms with Gasteiger partial charge in [-0.2, -0.15) is 0 Å². The maximum absolute atomic E-state index is 12.9. The lowest BCUT2D eigenvalue weighted by Crippen LogP contribution is -2.26. The predicted molar refractivity (Wildman–Crippen MR) is 112 cm³/mol. The number of rotatable bonds is 7. The average molecular weight is 401 g/mol. The molecule has 3 rings (SSSR count). The Bertz CT molecular complexity index is 1060. The van der Waals surface area contributed by atoms with Crippen molar-refractivity contribution in [3.63, 3.8) is 0 Å². The Morgan fingerprint density at radius 1 is 1.39 bits per heavy atom. The number of hydrogen-bond acceptors (Lipinski definition) is 5. The first-order valence-corrected chi connectivity index (χ1v) is 10.1. The number of nitrogens with one attached hydrogen (secondary N) is 2. The smallest absolute Gasteiger partial charge is 0.278 e. The van der Waals surface area contributed by atoms with E-state index in [4.69, 9.17) is 4.74 Å². The maximum Gasteiger partial charge on any atom is 0.278 e. The minimum Gasteiger partial charge on any atom is -0.497 e. The van der Waals surface area contributed by atoms with Gasteiger partial charge in [-0.15, -0.1) is 0 Å². The van der Waals surface area contributed by atoms with Gasteiger partial charge in [-0.25, -0.2) is 4.98 Å². The van der Waals surface area contributed by atoms with Gasteiger partial charge in [0.2, 0.25) is 5.91 Å². The number of amides is 1. The minimum absolute atomic E-state index is 0.0167. The molecule has 2 N–H and O–H groups in total. The van der Waals surface area contributed by atoms with Crippen molar-refractivity contribution in [3.05, 3.63) is 46.4 Å². The van der Waals surface area contributed by atoms with Crippen molar-refractivity contribution in [1.29, 1.82) is 0 Å². The number of H-pyrrole nitrogens is 1. The number of thioether (sulfide) groups is 1. The number of ether oxygens (including phenoxy) is 1. The van der Waals surface area contributed by atoms with E-state index in [9.17, 15) is 9.59 Å². The van der Waals surface area contributed by atoms with E-state index in [1.54, 1.807) is 23.8 Å². The van der Waals surface area contributed by atoms with E-state index in [0.717, 1.165) is 12.1 Å². The normalized spacial score (nSPS) is 12.1. The molecule has 7 nitrogen and oxygen atoms in total. The van der Waals surface area contributed by atoms with Crippen LogP contribution in [0.3, 0.4) is 0 Å². The van der Waals surface area contributed by atoms with E-state index < -0.39 is 0 Å². The number of aromatic nitrogens is 3. The molecular formula is C20H24N4O3S. The summed E-state index contributed by atoms with van der Waals surface area (Å²) in [6, 6.07) is 9.01. The van der Waals surface area contributed by atoms with E-state index in [0.29, 0.717) is 27.6 Å². The molecule has 0 bridgehead atoms. The van der Waals surface area contributed by atoms with Crippen LogP contribution in [0.5, 0.6) is 5.75 Å². The van der Waals surface area contributed by atoms with E-state index in [2.05, 4.69) is 15.3 Å². The zero-order valence-electron chi connectivity index (χ0n) is 16.4. The highest BCUT2D eigenvalue weighted by atomic mass is 32.2. The summed E-state index contributed by atoms with van der Waals surface area (Å²) in [4.78, 5) is 33.0. The highest BCUT2D eigenvalue weighted by molar-refractivity contribution is 7.99. The number of hydrogen-bond donors (Lipinski definition) is 2. The van der Waals surface area contributed by atoms with Crippen LogP contribution in [0.1, 0.15) is 32.0 Å². The standard InChI is InChI=1S/C20H24N4O3S/c1-5-13(3)24-19(26)18-16(9-12(2)21-18)23-20(24)28-11-17(25)22-14-7-6-8-15(10-14)27-4/h6-10,13,21H,5,11H2,1-4H3,(H,22,25)/t13-/m1/s1. The first kappa shape index (κ1) is 20.0. The molecule has 0 saturated heterocycles. The van der Waals surface area contributed by atoms with Gasteiger partial charge >= 0.3 is 0 Å². The Morgan fingerprint density at radius 3 is 2.89 bits per heavy atom. The topological polar surface area (TPSA) is 89.0 Å². The molecule has 1 atom stereocenters. The molecule has 0 saturated carbocycles. The predicted octanol–water partition coefficient (Wildman–Crippen LogP) is 3.74. The third-order valence-corrected chi connectivity index (χ3v) is 5.46. The third-order valence-electron chi connectivity index (χ3n) is 4.50. The molecule has 2 heterocycles. The van der Waals surface area contributed by atoms with Crippen LogP contribution in [0.2, 0.25) is 0 Å². The molecule has 0 unspecified atom stereocenters. The second kappa shape index (κ2) is 8.52. The first-order valence-electron chi connectivity index (χ1n) is 9.11. The van der Waals surface area contributed by atoms with Crippen LogP contribution in [0, 0.1) is 6.92 Å². The lowest BCUT2D eigenvalue weighted by molar-refractivity contribution is -0.113. The van der Waals surface area contributed by atoms with Crippen LogP contribution in [0.15, 0.2) is 40.3 Å². The summed E-state index contributed by atoms with van der Waals surface area (Å²) >= 11 is 1.26. The molecule has 0 aliphatic heterocycles. The Morgan fingerprint density at radius 2 is 2.18 bits per heavy atom. The van der Waals surface area contributed by atoms with E-state index in [1.807, 2.05) is 39.0 Å². The van der Waals surface area contributed by atoms with E-state index >= 15 is 0 Å². The highest BCUT2D eigenvalue weighted by Crippen LogP contribution is 2.23. The summed E-state index contributed by atoms with van der Waals surface area (Å²) in [5.74, 6) is 0.647. The molecule has 0 fully saturated rings. The van der Waals surface area contributed by atoms with Gasteiger partial charge < -0.3 is 15.0 Å². The van der Waals surface area contributed by atoms with Gasteiger partial charge in [0.05, 0.1) is 18.4 Å². The van der Waals surface area contributed by atoms with Crippen LogP contribution in [0.25, 0.3) is 11.0 Å². The lowest BCUT2D eigenvalue weighted by Gasteiger charge is -2.17. The SMILES string of the molecule is CC[C@@H](C)n1c(SCC(=O)Nc2cccc(OC)c2)nc2cc(C)[nH]c2c1=O. The average Bonchev–Trinajstić information content (AvgIpc) is 3.06. The number of anilines is 1. The summed E-state index contributed by atoms with van der Waals surface area (Å²) in [7, 11) is 1.58. The van der Waals surface area contributed by atoms with Crippen molar-refractivity contribution in [2.24, 2.45) is 0 Å². The summed E-state index contributed by atoms with van der Waals surface area (Å²) < 4.78 is 6.84. The van der Waals surface area contributed by atoms with Crippen molar-refractivity contribution in [2.45, 2.75) is 38.4 Å². The Kier molecular flexibility index (Phi) is 6.08. The number of benzene rings is 1. The molecule has 1 amide bonds. The molecule has 28 heavy (non-hydrogen) atoms.